The molecular formula is C16H15BO5. The van der Waals surface area contributed by atoms with E-state index in [2.05, 4.69) is 0 Å². The minimum atomic E-state index is -1.08. The summed E-state index contributed by atoms with van der Waals surface area (Å²) in [4.78, 5) is 10.9. The molecule has 0 radical (unpaired) electrons. The number of hydrogen-bond acceptors (Lipinski definition) is 4. The van der Waals surface area contributed by atoms with E-state index >= 15 is 0 Å². The first-order valence-electron chi connectivity index (χ1n) is 6.99. The SMILES string of the molecule is O=C(O)C[C@@H]1OB(O)c2ccc(OCc3ccccc3)cc21. The quantitative estimate of drug-likeness (QED) is 0.818. The number of carbonyl (C=O) groups is 1. The molecule has 0 fully saturated rings. The number of carboxylic acids is 1. The standard InChI is InChI=1S/C16H15BO5/c18-16(19)9-15-13-8-12(6-7-14(13)17(20)22-15)21-10-11-4-2-1-3-5-11/h1-8,15,20H,9-10H2,(H,18,19)/t15-/m0/s1. The Labute approximate surface area is 128 Å². The van der Waals surface area contributed by atoms with Gasteiger partial charge < -0.3 is 19.5 Å². The van der Waals surface area contributed by atoms with Gasteiger partial charge in [0.05, 0.1) is 12.5 Å². The third kappa shape index (κ3) is 3.13. The molecule has 112 valence electrons. The van der Waals surface area contributed by atoms with Gasteiger partial charge in [-0.25, -0.2) is 0 Å². The highest BCUT2D eigenvalue weighted by Crippen LogP contribution is 2.29. The number of carboxylic acid groups (broad SMARTS) is 1. The van der Waals surface area contributed by atoms with E-state index in [0.717, 1.165) is 5.56 Å². The Balaban J connectivity index is 1.76. The van der Waals surface area contributed by atoms with Crippen molar-refractivity contribution < 1.29 is 24.3 Å². The maximum absolute atomic E-state index is 10.9. The van der Waals surface area contributed by atoms with Gasteiger partial charge in [-0.2, -0.15) is 0 Å². The van der Waals surface area contributed by atoms with Crippen LogP contribution in [0.3, 0.4) is 0 Å². The molecule has 1 heterocycles. The fourth-order valence-corrected chi connectivity index (χ4v) is 2.51. The van der Waals surface area contributed by atoms with Gasteiger partial charge in [0.15, 0.2) is 0 Å². The van der Waals surface area contributed by atoms with Gasteiger partial charge >= 0.3 is 13.1 Å². The van der Waals surface area contributed by atoms with Crippen molar-refractivity contribution in [3.63, 3.8) is 0 Å². The van der Waals surface area contributed by atoms with E-state index in [0.29, 0.717) is 23.4 Å². The van der Waals surface area contributed by atoms with Crippen LogP contribution in [-0.4, -0.2) is 23.2 Å². The van der Waals surface area contributed by atoms with E-state index in [1.807, 2.05) is 30.3 Å². The second-order valence-electron chi connectivity index (χ2n) is 5.14. The molecule has 0 unspecified atom stereocenters. The average molecular weight is 298 g/mol. The smallest absolute Gasteiger partial charge is 0.489 e. The molecule has 1 atom stereocenters. The van der Waals surface area contributed by atoms with Gasteiger partial charge in [0.1, 0.15) is 12.4 Å². The van der Waals surface area contributed by atoms with Crippen molar-refractivity contribution in [3.05, 3.63) is 59.7 Å². The maximum atomic E-state index is 10.9. The van der Waals surface area contributed by atoms with Gasteiger partial charge in [-0.1, -0.05) is 36.4 Å². The number of benzene rings is 2. The van der Waals surface area contributed by atoms with Crippen molar-refractivity contribution in [3.8, 4) is 5.75 Å². The molecule has 0 bridgehead atoms. The Hall–Kier alpha value is -2.31. The summed E-state index contributed by atoms with van der Waals surface area (Å²) in [5, 5.41) is 18.7. The number of hydrogen-bond donors (Lipinski definition) is 2. The molecule has 3 rings (SSSR count). The Morgan fingerprint density at radius 2 is 2.00 bits per heavy atom. The van der Waals surface area contributed by atoms with Crippen LogP contribution in [0.5, 0.6) is 5.75 Å². The van der Waals surface area contributed by atoms with Crippen LogP contribution in [0.2, 0.25) is 0 Å². The third-order valence-corrected chi connectivity index (χ3v) is 3.57. The normalized spacial score (nSPS) is 16.4. The molecule has 2 aromatic rings. The molecule has 1 aliphatic heterocycles. The van der Waals surface area contributed by atoms with Gasteiger partial charge in [0.25, 0.3) is 0 Å². The highest BCUT2D eigenvalue weighted by Gasteiger charge is 2.36. The first kappa shape index (κ1) is 14.6. The molecule has 2 N–H and O–H groups in total. The predicted molar refractivity (Wildman–Crippen MR) is 80.9 cm³/mol. The molecule has 0 aliphatic carbocycles. The van der Waals surface area contributed by atoms with Crippen molar-refractivity contribution in [1.82, 2.24) is 0 Å². The Bertz CT molecular complexity index is 673. The maximum Gasteiger partial charge on any atom is 0.491 e. The summed E-state index contributed by atoms with van der Waals surface area (Å²) < 4.78 is 11.0. The number of rotatable bonds is 5. The highest BCUT2D eigenvalue weighted by atomic mass is 16.5. The zero-order valence-electron chi connectivity index (χ0n) is 11.8. The molecule has 0 aromatic heterocycles. The summed E-state index contributed by atoms with van der Waals surface area (Å²) in [6.45, 7) is 0.423. The predicted octanol–water partition coefficient (Wildman–Crippen LogP) is 1.50. The van der Waals surface area contributed by atoms with Crippen LogP contribution in [0, 0.1) is 0 Å². The van der Waals surface area contributed by atoms with Crippen LogP contribution in [0.25, 0.3) is 0 Å². The molecule has 5 nitrogen and oxygen atoms in total. The van der Waals surface area contributed by atoms with Crippen LogP contribution in [0.4, 0.5) is 0 Å². The molecule has 0 saturated carbocycles. The Morgan fingerprint density at radius 3 is 2.73 bits per heavy atom. The summed E-state index contributed by atoms with van der Waals surface area (Å²) in [6.07, 6.45) is -0.839. The number of fused-ring (bicyclic) bond motifs is 1. The van der Waals surface area contributed by atoms with Crippen molar-refractivity contribution >= 4 is 18.6 Å². The molecule has 0 saturated heterocycles. The van der Waals surface area contributed by atoms with Crippen LogP contribution in [0.1, 0.15) is 23.7 Å². The van der Waals surface area contributed by atoms with Crippen LogP contribution in [-0.2, 0) is 16.1 Å². The van der Waals surface area contributed by atoms with Gasteiger partial charge in [-0.3, -0.25) is 4.79 Å². The first-order chi connectivity index (χ1) is 10.6. The van der Waals surface area contributed by atoms with Crippen molar-refractivity contribution in [1.29, 1.82) is 0 Å². The minimum absolute atomic E-state index is 0.188. The second kappa shape index (κ2) is 6.21. The Morgan fingerprint density at radius 1 is 1.23 bits per heavy atom. The van der Waals surface area contributed by atoms with Crippen LogP contribution < -0.4 is 10.2 Å². The summed E-state index contributed by atoms with van der Waals surface area (Å²) in [7, 11) is -1.08. The van der Waals surface area contributed by atoms with Gasteiger partial charge in [0.2, 0.25) is 0 Å². The summed E-state index contributed by atoms with van der Waals surface area (Å²) in [5.74, 6) is -0.351. The zero-order valence-corrected chi connectivity index (χ0v) is 11.8. The molecule has 2 aromatic carbocycles. The number of aliphatic carboxylic acids is 1. The van der Waals surface area contributed by atoms with Crippen LogP contribution in [0.15, 0.2) is 48.5 Å². The monoisotopic (exact) mass is 298 g/mol. The van der Waals surface area contributed by atoms with Crippen molar-refractivity contribution in [2.45, 2.75) is 19.1 Å². The van der Waals surface area contributed by atoms with Crippen molar-refractivity contribution in [2.24, 2.45) is 0 Å². The van der Waals surface area contributed by atoms with Gasteiger partial charge in [0, 0.05) is 0 Å². The zero-order chi connectivity index (χ0) is 15.5. The fourth-order valence-electron chi connectivity index (χ4n) is 2.51. The Kier molecular flexibility index (Phi) is 4.13. The van der Waals surface area contributed by atoms with Crippen molar-refractivity contribution in [2.75, 3.05) is 0 Å². The van der Waals surface area contributed by atoms with E-state index in [9.17, 15) is 9.82 Å². The van der Waals surface area contributed by atoms with E-state index in [-0.39, 0.29) is 6.42 Å². The summed E-state index contributed by atoms with van der Waals surface area (Å²) >= 11 is 0. The van der Waals surface area contributed by atoms with E-state index < -0.39 is 19.2 Å². The summed E-state index contributed by atoms with van der Waals surface area (Å²) in [6, 6.07) is 14.9. The van der Waals surface area contributed by atoms with E-state index in [1.165, 1.54) is 0 Å². The lowest BCUT2D eigenvalue weighted by atomic mass is 9.79. The molecule has 0 spiro atoms. The van der Waals surface area contributed by atoms with Gasteiger partial charge in [-0.05, 0) is 28.7 Å². The highest BCUT2D eigenvalue weighted by molar-refractivity contribution is 6.61. The lowest BCUT2D eigenvalue weighted by Crippen LogP contribution is -2.27. The third-order valence-electron chi connectivity index (χ3n) is 3.57. The number of ether oxygens (including phenoxy) is 1. The second-order valence-corrected chi connectivity index (χ2v) is 5.14. The molecule has 0 amide bonds. The first-order valence-corrected chi connectivity index (χ1v) is 6.99. The van der Waals surface area contributed by atoms with E-state index in [4.69, 9.17) is 14.5 Å². The van der Waals surface area contributed by atoms with Crippen LogP contribution >= 0.6 is 0 Å². The lowest BCUT2D eigenvalue weighted by molar-refractivity contribution is -0.138. The lowest BCUT2D eigenvalue weighted by Gasteiger charge is -2.11. The molecule has 1 aliphatic rings. The van der Waals surface area contributed by atoms with Gasteiger partial charge in [-0.15, -0.1) is 0 Å². The average Bonchev–Trinajstić information content (AvgIpc) is 2.81. The minimum Gasteiger partial charge on any atom is -0.489 e. The summed E-state index contributed by atoms with van der Waals surface area (Å²) in [5.41, 5.74) is 2.31. The fraction of sp³-hybridized carbons (Fsp3) is 0.188. The molecule has 22 heavy (non-hydrogen) atoms. The molecular weight excluding hydrogens is 283 g/mol. The molecule has 6 heteroatoms. The topological polar surface area (TPSA) is 76.0 Å². The largest absolute Gasteiger partial charge is 0.491 e. The van der Waals surface area contributed by atoms with E-state index in [1.54, 1.807) is 18.2 Å².